The molecule has 1 unspecified atom stereocenters. The molecule has 1 aromatic heterocycles. The van der Waals surface area contributed by atoms with Crippen LogP contribution in [-0.4, -0.2) is 47.1 Å². The van der Waals surface area contributed by atoms with Crippen molar-refractivity contribution < 1.29 is 24.2 Å². The van der Waals surface area contributed by atoms with Gasteiger partial charge in [0.15, 0.2) is 0 Å². The summed E-state index contributed by atoms with van der Waals surface area (Å²) in [5.41, 5.74) is 7.44. The number of hydrogen-bond donors (Lipinski definition) is 1. The average molecular weight is 621 g/mol. The maximum atomic E-state index is 11.9. The van der Waals surface area contributed by atoms with Crippen LogP contribution in [0.2, 0.25) is 0 Å². The number of pyridine rings is 1. The molecule has 5 rings (SSSR count). The van der Waals surface area contributed by atoms with E-state index in [0.29, 0.717) is 12.2 Å². The number of ether oxygens (including phenoxy) is 2. The molecule has 0 amide bonds. The number of aryl methyl sites for hydroxylation is 1. The van der Waals surface area contributed by atoms with Gasteiger partial charge in [-0.3, -0.25) is 4.90 Å². The third-order valence-corrected chi connectivity index (χ3v) is 8.84. The zero-order valence-electron chi connectivity index (χ0n) is 27.3. The van der Waals surface area contributed by atoms with Crippen molar-refractivity contribution >= 4 is 11.9 Å². The fourth-order valence-electron chi connectivity index (χ4n) is 6.13. The monoisotopic (exact) mass is 620 g/mol. The fraction of sp³-hybridized carbons (Fsp3) is 0.359. The molecule has 0 fully saturated rings. The van der Waals surface area contributed by atoms with Crippen LogP contribution in [0.25, 0.3) is 0 Å². The van der Waals surface area contributed by atoms with E-state index >= 15 is 0 Å². The second-order valence-electron chi connectivity index (χ2n) is 13.0. The first-order chi connectivity index (χ1) is 22.1. The van der Waals surface area contributed by atoms with Crippen molar-refractivity contribution in [1.82, 2.24) is 9.88 Å². The van der Waals surface area contributed by atoms with E-state index in [1.165, 1.54) is 12.7 Å². The summed E-state index contributed by atoms with van der Waals surface area (Å²) in [6.07, 6.45) is 4.31. The molecule has 0 aliphatic heterocycles. The SMILES string of the molecule is COC(=O)c1ccc(CCN(CCc2ccccc2OCc2ccc(C(C)(C)C)cc2)C2CCCc3nc(C(=O)O)ccc32)cc1. The van der Waals surface area contributed by atoms with Gasteiger partial charge in [-0.1, -0.05) is 81.4 Å². The number of para-hydroxylation sites is 1. The van der Waals surface area contributed by atoms with E-state index < -0.39 is 5.97 Å². The van der Waals surface area contributed by atoms with Crippen molar-refractivity contribution in [2.24, 2.45) is 0 Å². The van der Waals surface area contributed by atoms with Crippen LogP contribution in [0.1, 0.15) is 94.0 Å². The second kappa shape index (κ2) is 14.7. The lowest BCUT2D eigenvalue weighted by atomic mass is 9.87. The van der Waals surface area contributed by atoms with Gasteiger partial charge < -0.3 is 14.6 Å². The van der Waals surface area contributed by atoms with E-state index in [1.807, 2.05) is 42.5 Å². The Morgan fingerprint density at radius 2 is 1.59 bits per heavy atom. The summed E-state index contributed by atoms with van der Waals surface area (Å²) >= 11 is 0. The van der Waals surface area contributed by atoms with Gasteiger partial charge in [0.2, 0.25) is 0 Å². The summed E-state index contributed by atoms with van der Waals surface area (Å²) in [6.45, 7) is 8.75. The minimum Gasteiger partial charge on any atom is -0.489 e. The molecule has 7 heteroatoms. The summed E-state index contributed by atoms with van der Waals surface area (Å²) in [4.78, 5) is 30.6. The molecule has 0 spiro atoms. The molecule has 1 aliphatic rings. The molecule has 4 aromatic rings. The van der Waals surface area contributed by atoms with Crippen molar-refractivity contribution in [3.63, 3.8) is 0 Å². The van der Waals surface area contributed by atoms with Crippen molar-refractivity contribution in [1.29, 1.82) is 0 Å². The van der Waals surface area contributed by atoms with Gasteiger partial charge >= 0.3 is 11.9 Å². The third kappa shape index (κ3) is 8.20. The minimum atomic E-state index is -1.00. The normalized spacial score (nSPS) is 14.5. The number of carbonyl (C=O) groups excluding carboxylic acids is 1. The number of fused-ring (bicyclic) bond motifs is 1. The predicted molar refractivity (Wildman–Crippen MR) is 180 cm³/mol. The average Bonchev–Trinajstić information content (AvgIpc) is 3.07. The van der Waals surface area contributed by atoms with Crippen molar-refractivity contribution in [3.05, 3.63) is 130 Å². The Bertz CT molecular complexity index is 1640. The molecule has 0 radical (unpaired) electrons. The zero-order chi connectivity index (χ0) is 32.7. The molecule has 3 aromatic carbocycles. The lowest BCUT2D eigenvalue weighted by molar-refractivity contribution is 0.0599. The van der Waals surface area contributed by atoms with Gasteiger partial charge in [0, 0.05) is 24.8 Å². The lowest BCUT2D eigenvalue weighted by Crippen LogP contribution is -2.35. The van der Waals surface area contributed by atoms with E-state index in [0.717, 1.165) is 78.9 Å². The van der Waals surface area contributed by atoms with Gasteiger partial charge in [0.1, 0.15) is 18.1 Å². The van der Waals surface area contributed by atoms with E-state index in [1.54, 1.807) is 6.07 Å². The smallest absolute Gasteiger partial charge is 0.354 e. The van der Waals surface area contributed by atoms with Gasteiger partial charge in [-0.05, 0) is 89.6 Å². The molecular weight excluding hydrogens is 576 g/mol. The third-order valence-electron chi connectivity index (χ3n) is 8.84. The Balaban J connectivity index is 1.33. The number of benzene rings is 3. The molecule has 1 atom stereocenters. The number of carboxylic acids is 1. The lowest BCUT2D eigenvalue weighted by Gasteiger charge is -2.36. The Morgan fingerprint density at radius 3 is 2.28 bits per heavy atom. The van der Waals surface area contributed by atoms with Crippen LogP contribution >= 0.6 is 0 Å². The zero-order valence-corrected chi connectivity index (χ0v) is 27.3. The molecule has 7 nitrogen and oxygen atoms in total. The van der Waals surface area contributed by atoms with Crippen molar-refractivity contribution in [3.8, 4) is 5.75 Å². The number of aromatic nitrogens is 1. The number of hydrogen-bond acceptors (Lipinski definition) is 6. The standard InChI is InChI=1S/C39H44N2O5/c1-39(2,3)31-18-14-28(15-19-31)26-46-36-11-6-5-8-29(36)23-25-41(24-22-27-12-16-30(17-13-27)38(44)45-4)35-10-7-9-33-32(35)20-21-34(40-33)37(42)43/h5-6,8,11-21,35H,7,9-10,22-26H2,1-4H3,(H,42,43). The summed E-state index contributed by atoms with van der Waals surface area (Å²) in [5.74, 6) is -0.459. The van der Waals surface area contributed by atoms with Crippen LogP contribution in [0, 0.1) is 0 Å². The molecule has 240 valence electrons. The first-order valence-corrected chi connectivity index (χ1v) is 16.1. The summed E-state index contributed by atoms with van der Waals surface area (Å²) in [6, 6.07) is 28.2. The number of carbonyl (C=O) groups is 2. The fourth-order valence-corrected chi connectivity index (χ4v) is 6.13. The quantitative estimate of drug-likeness (QED) is 0.163. The van der Waals surface area contributed by atoms with Crippen LogP contribution in [0.15, 0.2) is 84.9 Å². The highest BCUT2D eigenvalue weighted by molar-refractivity contribution is 5.89. The first-order valence-electron chi connectivity index (χ1n) is 16.1. The number of esters is 1. The van der Waals surface area contributed by atoms with Crippen LogP contribution in [-0.2, 0) is 36.0 Å². The van der Waals surface area contributed by atoms with Gasteiger partial charge in [-0.15, -0.1) is 0 Å². The molecule has 46 heavy (non-hydrogen) atoms. The van der Waals surface area contributed by atoms with Gasteiger partial charge in [0.25, 0.3) is 0 Å². The van der Waals surface area contributed by atoms with Crippen LogP contribution in [0.4, 0.5) is 0 Å². The van der Waals surface area contributed by atoms with E-state index in [4.69, 9.17) is 9.47 Å². The minimum absolute atomic E-state index is 0.0933. The summed E-state index contributed by atoms with van der Waals surface area (Å²) in [7, 11) is 1.39. The van der Waals surface area contributed by atoms with Crippen LogP contribution in [0.5, 0.6) is 5.75 Å². The predicted octanol–water partition coefficient (Wildman–Crippen LogP) is 7.61. The topological polar surface area (TPSA) is 89.0 Å². The number of carboxylic acid groups (broad SMARTS) is 1. The highest BCUT2D eigenvalue weighted by Crippen LogP contribution is 2.34. The first kappa shape index (κ1) is 32.9. The van der Waals surface area contributed by atoms with Gasteiger partial charge in [0.05, 0.1) is 12.7 Å². The van der Waals surface area contributed by atoms with E-state index in [2.05, 4.69) is 67.1 Å². The molecule has 0 saturated heterocycles. The molecular formula is C39H44N2O5. The van der Waals surface area contributed by atoms with Crippen molar-refractivity contribution in [2.75, 3.05) is 20.2 Å². The van der Waals surface area contributed by atoms with Gasteiger partial charge in [-0.25, -0.2) is 14.6 Å². The Kier molecular flexibility index (Phi) is 10.5. The number of methoxy groups -OCH3 is 1. The molecule has 1 N–H and O–H groups in total. The summed E-state index contributed by atoms with van der Waals surface area (Å²) in [5, 5.41) is 9.52. The number of nitrogens with zero attached hydrogens (tertiary/aromatic N) is 2. The number of rotatable bonds is 12. The molecule has 1 aliphatic carbocycles. The molecule has 1 heterocycles. The Hall–Kier alpha value is -4.49. The Morgan fingerprint density at radius 1 is 0.891 bits per heavy atom. The maximum Gasteiger partial charge on any atom is 0.354 e. The second-order valence-corrected chi connectivity index (χ2v) is 13.0. The highest BCUT2D eigenvalue weighted by Gasteiger charge is 2.28. The Labute approximate surface area is 272 Å². The van der Waals surface area contributed by atoms with Crippen LogP contribution < -0.4 is 4.74 Å². The van der Waals surface area contributed by atoms with Crippen LogP contribution in [0.3, 0.4) is 0 Å². The molecule has 0 bridgehead atoms. The molecule has 0 saturated carbocycles. The van der Waals surface area contributed by atoms with Gasteiger partial charge in [-0.2, -0.15) is 0 Å². The van der Waals surface area contributed by atoms with E-state index in [9.17, 15) is 14.7 Å². The largest absolute Gasteiger partial charge is 0.489 e. The van der Waals surface area contributed by atoms with E-state index in [-0.39, 0.29) is 23.1 Å². The summed E-state index contributed by atoms with van der Waals surface area (Å²) < 4.78 is 11.2. The highest BCUT2D eigenvalue weighted by atomic mass is 16.5. The maximum absolute atomic E-state index is 11.9. The number of aromatic carboxylic acids is 1. The van der Waals surface area contributed by atoms with Crippen molar-refractivity contribution in [2.45, 2.75) is 70.9 Å².